The molecule has 0 saturated carbocycles. The summed E-state index contributed by atoms with van der Waals surface area (Å²) in [5.41, 5.74) is 1.96. The monoisotopic (exact) mass is 266 g/mol. The van der Waals surface area contributed by atoms with Crippen LogP contribution in [-0.4, -0.2) is 4.98 Å². The first-order valence-corrected chi connectivity index (χ1v) is 5.82. The molecule has 1 aromatic heterocycles. The third kappa shape index (κ3) is 2.86. The minimum atomic E-state index is -1.32. The Morgan fingerprint density at radius 1 is 1.11 bits per heavy atom. The van der Waals surface area contributed by atoms with Crippen molar-refractivity contribution in [2.45, 2.75) is 19.9 Å². The summed E-state index contributed by atoms with van der Waals surface area (Å²) in [7, 11) is 0. The molecule has 0 amide bonds. The van der Waals surface area contributed by atoms with E-state index in [4.69, 9.17) is 0 Å². The summed E-state index contributed by atoms with van der Waals surface area (Å²) in [6.07, 6.45) is 0. The molecule has 2 rings (SSSR count). The molecule has 0 fully saturated rings. The molecular weight excluding hydrogens is 253 g/mol. The molecule has 0 bridgehead atoms. The third-order valence-corrected chi connectivity index (χ3v) is 2.89. The highest BCUT2D eigenvalue weighted by atomic mass is 19.2. The van der Waals surface area contributed by atoms with E-state index in [-0.39, 0.29) is 11.9 Å². The van der Waals surface area contributed by atoms with Gasteiger partial charge in [0, 0.05) is 6.07 Å². The van der Waals surface area contributed by atoms with Gasteiger partial charge in [0.2, 0.25) is 0 Å². The largest absolute Gasteiger partial charge is 0.361 e. The van der Waals surface area contributed by atoms with Crippen molar-refractivity contribution in [1.29, 1.82) is 0 Å². The van der Waals surface area contributed by atoms with Gasteiger partial charge in [0.25, 0.3) is 5.95 Å². The van der Waals surface area contributed by atoms with Gasteiger partial charge in [-0.2, -0.15) is 9.37 Å². The van der Waals surface area contributed by atoms with Gasteiger partial charge in [0.1, 0.15) is 0 Å². The molecule has 19 heavy (non-hydrogen) atoms. The van der Waals surface area contributed by atoms with Gasteiger partial charge in [-0.3, -0.25) is 0 Å². The first kappa shape index (κ1) is 13.4. The highest BCUT2D eigenvalue weighted by Crippen LogP contribution is 2.23. The predicted molar refractivity (Wildman–Crippen MR) is 67.3 cm³/mol. The predicted octanol–water partition coefficient (Wildman–Crippen LogP) is 3.98. The van der Waals surface area contributed by atoms with Crippen molar-refractivity contribution in [3.63, 3.8) is 0 Å². The van der Waals surface area contributed by atoms with Gasteiger partial charge in [0.05, 0.1) is 6.04 Å². The van der Waals surface area contributed by atoms with Crippen LogP contribution in [0.4, 0.5) is 19.0 Å². The van der Waals surface area contributed by atoms with E-state index >= 15 is 0 Å². The quantitative estimate of drug-likeness (QED) is 0.850. The second kappa shape index (κ2) is 5.30. The van der Waals surface area contributed by atoms with Crippen molar-refractivity contribution < 1.29 is 13.2 Å². The van der Waals surface area contributed by atoms with Crippen LogP contribution in [0.2, 0.25) is 0 Å². The van der Waals surface area contributed by atoms with Crippen LogP contribution in [0.3, 0.4) is 0 Å². The maximum absolute atomic E-state index is 13.5. The van der Waals surface area contributed by atoms with Crippen LogP contribution in [0.25, 0.3) is 0 Å². The minimum absolute atomic E-state index is 0.270. The Labute approximate surface area is 109 Å². The minimum Gasteiger partial charge on any atom is -0.361 e. The van der Waals surface area contributed by atoms with E-state index in [1.807, 2.05) is 31.2 Å². The van der Waals surface area contributed by atoms with E-state index in [2.05, 4.69) is 10.3 Å². The number of hydrogen-bond acceptors (Lipinski definition) is 2. The SMILES string of the molecule is Cc1ccccc1C(C)Nc1nc(F)c(F)cc1F. The molecule has 100 valence electrons. The van der Waals surface area contributed by atoms with Crippen molar-refractivity contribution >= 4 is 5.82 Å². The Morgan fingerprint density at radius 2 is 1.79 bits per heavy atom. The van der Waals surface area contributed by atoms with Crippen LogP contribution < -0.4 is 5.32 Å². The molecule has 2 nitrogen and oxygen atoms in total. The van der Waals surface area contributed by atoms with Crippen LogP contribution in [-0.2, 0) is 0 Å². The van der Waals surface area contributed by atoms with Gasteiger partial charge >= 0.3 is 0 Å². The number of benzene rings is 1. The van der Waals surface area contributed by atoms with Crippen molar-refractivity contribution in [2.24, 2.45) is 0 Å². The average molecular weight is 266 g/mol. The first-order valence-electron chi connectivity index (χ1n) is 5.82. The molecule has 0 spiro atoms. The number of halogens is 3. The second-order valence-corrected chi connectivity index (χ2v) is 4.31. The highest BCUT2D eigenvalue weighted by molar-refractivity contribution is 5.41. The zero-order valence-electron chi connectivity index (χ0n) is 10.5. The van der Waals surface area contributed by atoms with Crippen LogP contribution >= 0.6 is 0 Å². The Kier molecular flexibility index (Phi) is 3.74. The lowest BCUT2D eigenvalue weighted by atomic mass is 10.0. The molecule has 1 atom stereocenters. The Morgan fingerprint density at radius 3 is 2.47 bits per heavy atom. The molecule has 1 aromatic carbocycles. The van der Waals surface area contributed by atoms with Crippen LogP contribution in [0, 0.1) is 24.5 Å². The van der Waals surface area contributed by atoms with Crippen LogP contribution in [0.1, 0.15) is 24.1 Å². The van der Waals surface area contributed by atoms with Gasteiger partial charge in [-0.25, -0.2) is 8.78 Å². The van der Waals surface area contributed by atoms with Gasteiger partial charge < -0.3 is 5.32 Å². The lowest BCUT2D eigenvalue weighted by Gasteiger charge is -2.17. The summed E-state index contributed by atoms with van der Waals surface area (Å²) in [4.78, 5) is 3.24. The number of hydrogen-bond donors (Lipinski definition) is 1. The lowest BCUT2D eigenvalue weighted by molar-refractivity contribution is 0.465. The smallest absolute Gasteiger partial charge is 0.251 e. The van der Waals surface area contributed by atoms with Crippen molar-refractivity contribution in [2.75, 3.05) is 5.32 Å². The fourth-order valence-corrected chi connectivity index (χ4v) is 1.90. The molecule has 1 N–H and O–H groups in total. The standard InChI is InChI=1S/C14H13F3N2/c1-8-5-3-4-6-10(8)9(2)18-14-12(16)7-11(15)13(17)19-14/h3-7,9H,1-2H3,(H,18,19). The van der Waals surface area contributed by atoms with Crippen LogP contribution in [0.15, 0.2) is 30.3 Å². The number of pyridine rings is 1. The van der Waals surface area contributed by atoms with Crippen LogP contribution in [0.5, 0.6) is 0 Å². The molecule has 1 unspecified atom stereocenters. The fraction of sp³-hybridized carbons (Fsp3) is 0.214. The van der Waals surface area contributed by atoms with E-state index < -0.39 is 17.6 Å². The summed E-state index contributed by atoms with van der Waals surface area (Å²) in [5.74, 6) is -3.83. The topological polar surface area (TPSA) is 24.9 Å². The molecule has 1 heterocycles. The third-order valence-electron chi connectivity index (χ3n) is 2.89. The second-order valence-electron chi connectivity index (χ2n) is 4.31. The summed E-state index contributed by atoms with van der Waals surface area (Å²) in [5, 5.41) is 2.74. The Hall–Kier alpha value is -2.04. The zero-order valence-corrected chi connectivity index (χ0v) is 10.5. The summed E-state index contributed by atoms with van der Waals surface area (Å²) in [6.45, 7) is 3.72. The molecule has 0 radical (unpaired) electrons. The van der Waals surface area contributed by atoms with E-state index in [1.165, 1.54) is 0 Å². The molecule has 0 aliphatic heterocycles. The van der Waals surface area contributed by atoms with Crippen molar-refractivity contribution in [3.8, 4) is 0 Å². The maximum Gasteiger partial charge on any atom is 0.251 e. The summed E-state index contributed by atoms with van der Waals surface area (Å²) >= 11 is 0. The maximum atomic E-state index is 13.5. The number of rotatable bonds is 3. The van der Waals surface area contributed by atoms with E-state index in [0.29, 0.717) is 6.07 Å². The van der Waals surface area contributed by atoms with Crippen molar-refractivity contribution in [1.82, 2.24) is 4.98 Å². The van der Waals surface area contributed by atoms with Gasteiger partial charge in [-0.05, 0) is 25.0 Å². The Bertz CT molecular complexity index is 599. The number of anilines is 1. The Balaban J connectivity index is 2.27. The van der Waals surface area contributed by atoms with Gasteiger partial charge in [0.15, 0.2) is 17.5 Å². The lowest BCUT2D eigenvalue weighted by Crippen LogP contribution is -2.12. The summed E-state index contributed by atoms with van der Waals surface area (Å²) < 4.78 is 39.3. The van der Waals surface area contributed by atoms with E-state index in [1.54, 1.807) is 6.92 Å². The highest BCUT2D eigenvalue weighted by Gasteiger charge is 2.15. The van der Waals surface area contributed by atoms with E-state index in [9.17, 15) is 13.2 Å². The normalized spacial score (nSPS) is 12.3. The number of aromatic nitrogens is 1. The molecule has 5 heteroatoms. The molecule has 2 aromatic rings. The van der Waals surface area contributed by atoms with Crippen molar-refractivity contribution in [3.05, 3.63) is 59.0 Å². The molecule has 0 aliphatic carbocycles. The number of nitrogens with one attached hydrogen (secondary N) is 1. The zero-order chi connectivity index (χ0) is 14.0. The average Bonchev–Trinajstić information content (AvgIpc) is 2.36. The van der Waals surface area contributed by atoms with Gasteiger partial charge in [-0.1, -0.05) is 24.3 Å². The molecular formula is C14H13F3N2. The number of aryl methyl sites for hydroxylation is 1. The van der Waals surface area contributed by atoms with E-state index in [0.717, 1.165) is 11.1 Å². The number of nitrogens with zero attached hydrogens (tertiary/aromatic N) is 1. The fourth-order valence-electron chi connectivity index (χ4n) is 1.90. The molecule has 0 aliphatic rings. The van der Waals surface area contributed by atoms with Gasteiger partial charge in [-0.15, -0.1) is 0 Å². The first-order chi connectivity index (χ1) is 8.99. The summed E-state index contributed by atoms with van der Waals surface area (Å²) in [6, 6.07) is 7.76. The molecule has 0 saturated heterocycles.